The van der Waals surface area contributed by atoms with Gasteiger partial charge in [-0.25, -0.2) is 8.78 Å². The van der Waals surface area contributed by atoms with Crippen molar-refractivity contribution in [3.05, 3.63) is 59.7 Å². The second-order valence-corrected chi connectivity index (χ2v) is 4.30. The molecule has 2 N–H and O–H groups in total. The molecule has 2 nitrogen and oxygen atoms in total. The molecule has 1 unspecified atom stereocenters. The van der Waals surface area contributed by atoms with Gasteiger partial charge in [0.1, 0.15) is 0 Å². The second kappa shape index (κ2) is 4.29. The quantitative estimate of drug-likeness (QED) is 0.804. The number of fused-ring (bicyclic) bond motifs is 1. The van der Waals surface area contributed by atoms with Gasteiger partial charge < -0.3 is 10.6 Å². The van der Waals surface area contributed by atoms with Crippen LogP contribution in [0.1, 0.15) is 11.6 Å². The van der Waals surface area contributed by atoms with Crippen molar-refractivity contribution >= 4 is 11.4 Å². The Kier molecular flexibility index (Phi) is 2.63. The minimum atomic E-state index is -0.836. The predicted octanol–water partition coefficient (Wildman–Crippen LogP) is 3.54. The summed E-state index contributed by atoms with van der Waals surface area (Å²) >= 11 is 0. The van der Waals surface area contributed by atoms with Gasteiger partial charge in [-0.1, -0.05) is 30.3 Å². The molecule has 1 aliphatic rings. The van der Waals surface area contributed by atoms with Crippen molar-refractivity contribution in [2.24, 2.45) is 0 Å². The molecule has 0 radical (unpaired) electrons. The van der Waals surface area contributed by atoms with Gasteiger partial charge in [0.15, 0.2) is 11.6 Å². The summed E-state index contributed by atoms with van der Waals surface area (Å²) < 4.78 is 26.3. The molecule has 3 rings (SSSR count). The molecule has 2 aromatic rings. The SMILES string of the molecule is Fc1cc2c(cc1F)NC(c1ccccc1)CN2. The summed E-state index contributed by atoms with van der Waals surface area (Å²) in [4.78, 5) is 0. The second-order valence-electron chi connectivity index (χ2n) is 4.30. The topological polar surface area (TPSA) is 24.1 Å². The highest BCUT2D eigenvalue weighted by Gasteiger charge is 2.20. The van der Waals surface area contributed by atoms with Gasteiger partial charge in [-0.2, -0.15) is 0 Å². The van der Waals surface area contributed by atoms with Gasteiger partial charge in [0.2, 0.25) is 0 Å². The zero-order valence-corrected chi connectivity index (χ0v) is 9.58. The molecule has 0 aliphatic carbocycles. The first kappa shape index (κ1) is 11.0. The van der Waals surface area contributed by atoms with Gasteiger partial charge >= 0.3 is 0 Å². The maximum Gasteiger partial charge on any atom is 0.161 e. The van der Waals surface area contributed by atoms with Gasteiger partial charge in [-0.3, -0.25) is 0 Å². The molecule has 2 aromatic carbocycles. The lowest BCUT2D eigenvalue weighted by Gasteiger charge is -2.28. The normalized spacial score (nSPS) is 17.6. The third-order valence-corrected chi connectivity index (χ3v) is 3.09. The Morgan fingerprint density at radius 1 is 0.944 bits per heavy atom. The third kappa shape index (κ3) is 1.90. The van der Waals surface area contributed by atoms with Crippen LogP contribution in [0.4, 0.5) is 20.2 Å². The van der Waals surface area contributed by atoms with Crippen LogP contribution in [0, 0.1) is 11.6 Å². The highest BCUT2D eigenvalue weighted by molar-refractivity contribution is 5.71. The molecule has 4 heteroatoms. The first-order valence-corrected chi connectivity index (χ1v) is 5.78. The first-order valence-electron chi connectivity index (χ1n) is 5.78. The molecule has 0 bridgehead atoms. The van der Waals surface area contributed by atoms with E-state index in [1.165, 1.54) is 12.1 Å². The van der Waals surface area contributed by atoms with E-state index in [0.29, 0.717) is 17.9 Å². The van der Waals surface area contributed by atoms with E-state index in [4.69, 9.17) is 0 Å². The molecule has 1 aliphatic heterocycles. The lowest BCUT2D eigenvalue weighted by Crippen LogP contribution is -2.26. The number of benzene rings is 2. The van der Waals surface area contributed by atoms with E-state index >= 15 is 0 Å². The standard InChI is InChI=1S/C14H12F2N2/c15-10-6-12-13(7-11(10)16)18-14(8-17-12)9-4-2-1-3-5-9/h1-7,14,17-18H,8H2. The Morgan fingerprint density at radius 3 is 2.33 bits per heavy atom. The third-order valence-electron chi connectivity index (χ3n) is 3.09. The van der Waals surface area contributed by atoms with E-state index in [1.54, 1.807) is 0 Å². The van der Waals surface area contributed by atoms with E-state index in [1.807, 2.05) is 30.3 Å². The molecule has 0 fully saturated rings. The number of hydrogen-bond donors (Lipinski definition) is 2. The fraction of sp³-hybridized carbons (Fsp3) is 0.143. The van der Waals surface area contributed by atoms with Crippen molar-refractivity contribution in [1.82, 2.24) is 0 Å². The Labute approximate surface area is 104 Å². The molecule has 0 saturated carbocycles. The largest absolute Gasteiger partial charge is 0.381 e. The van der Waals surface area contributed by atoms with Crippen molar-refractivity contribution in [3.8, 4) is 0 Å². The van der Waals surface area contributed by atoms with Crippen molar-refractivity contribution < 1.29 is 8.78 Å². The van der Waals surface area contributed by atoms with Crippen molar-refractivity contribution in [2.75, 3.05) is 17.2 Å². The Balaban J connectivity index is 1.92. The van der Waals surface area contributed by atoms with E-state index in [-0.39, 0.29) is 6.04 Å². The van der Waals surface area contributed by atoms with E-state index in [2.05, 4.69) is 10.6 Å². The van der Waals surface area contributed by atoms with Crippen LogP contribution < -0.4 is 10.6 Å². The van der Waals surface area contributed by atoms with Crippen LogP contribution in [-0.2, 0) is 0 Å². The number of anilines is 2. The van der Waals surface area contributed by atoms with Crippen LogP contribution in [-0.4, -0.2) is 6.54 Å². The maximum absolute atomic E-state index is 13.2. The van der Waals surface area contributed by atoms with E-state index in [0.717, 1.165) is 5.56 Å². The Morgan fingerprint density at radius 2 is 1.61 bits per heavy atom. The number of hydrogen-bond acceptors (Lipinski definition) is 2. The molecule has 0 saturated heterocycles. The average Bonchev–Trinajstić information content (AvgIpc) is 2.41. The molecule has 0 spiro atoms. The van der Waals surface area contributed by atoms with E-state index in [9.17, 15) is 8.78 Å². The minimum absolute atomic E-state index is 0.0589. The molecule has 92 valence electrons. The van der Waals surface area contributed by atoms with Crippen LogP contribution >= 0.6 is 0 Å². The lowest BCUT2D eigenvalue weighted by atomic mass is 10.0. The van der Waals surface area contributed by atoms with Crippen LogP contribution in [0.2, 0.25) is 0 Å². The summed E-state index contributed by atoms with van der Waals surface area (Å²) in [6.45, 7) is 0.641. The summed E-state index contributed by atoms with van der Waals surface area (Å²) in [5.74, 6) is -1.67. The molecule has 1 atom stereocenters. The molecule has 18 heavy (non-hydrogen) atoms. The fourth-order valence-electron chi connectivity index (χ4n) is 2.15. The zero-order valence-electron chi connectivity index (χ0n) is 9.58. The molecular weight excluding hydrogens is 234 g/mol. The molecule has 0 amide bonds. The average molecular weight is 246 g/mol. The van der Waals surface area contributed by atoms with Gasteiger partial charge in [-0.05, 0) is 5.56 Å². The van der Waals surface area contributed by atoms with Crippen LogP contribution in [0.25, 0.3) is 0 Å². The van der Waals surface area contributed by atoms with Gasteiger partial charge in [0.05, 0.1) is 17.4 Å². The minimum Gasteiger partial charge on any atom is -0.381 e. The summed E-state index contributed by atoms with van der Waals surface area (Å²) in [6.07, 6.45) is 0. The lowest BCUT2D eigenvalue weighted by molar-refractivity contribution is 0.508. The molecular formula is C14H12F2N2. The predicted molar refractivity (Wildman–Crippen MR) is 67.7 cm³/mol. The Bertz CT molecular complexity index is 570. The maximum atomic E-state index is 13.2. The zero-order chi connectivity index (χ0) is 12.5. The van der Waals surface area contributed by atoms with Crippen LogP contribution in [0.5, 0.6) is 0 Å². The van der Waals surface area contributed by atoms with Gasteiger partial charge in [0.25, 0.3) is 0 Å². The van der Waals surface area contributed by atoms with Crippen molar-refractivity contribution in [2.45, 2.75) is 6.04 Å². The number of halogens is 2. The summed E-state index contributed by atoms with van der Waals surface area (Å²) in [5.41, 5.74) is 2.30. The first-order chi connectivity index (χ1) is 8.74. The fourth-order valence-corrected chi connectivity index (χ4v) is 2.15. The van der Waals surface area contributed by atoms with Crippen molar-refractivity contribution in [1.29, 1.82) is 0 Å². The van der Waals surface area contributed by atoms with Gasteiger partial charge in [-0.15, -0.1) is 0 Å². The molecule has 0 aromatic heterocycles. The number of nitrogens with one attached hydrogen (secondary N) is 2. The summed E-state index contributed by atoms with van der Waals surface area (Å²) in [6, 6.07) is 12.3. The highest BCUT2D eigenvalue weighted by Crippen LogP contribution is 2.32. The number of rotatable bonds is 1. The molecule has 1 heterocycles. The van der Waals surface area contributed by atoms with Crippen LogP contribution in [0.15, 0.2) is 42.5 Å². The van der Waals surface area contributed by atoms with Crippen LogP contribution in [0.3, 0.4) is 0 Å². The monoisotopic (exact) mass is 246 g/mol. The highest BCUT2D eigenvalue weighted by atomic mass is 19.2. The summed E-state index contributed by atoms with van der Waals surface area (Å²) in [7, 11) is 0. The summed E-state index contributed by atoms with van der Waals surface area (Å²) in [5, 5.41) is 6.32. The van der Waals surface area contributed by atoms with Gasteiger partial charge in [0, 0.05) is 18.7 Å². The van der Waals surface area contributed by atoms with E-state index < -0.39 is 11.6 Å². The van der Waals surface area contributed by atoms with Crippen molar-refractivity contribution in [3.63, 3.8) is 0 Å². The Hall–Kier alpha value is -2.10. The smallest absolute Gasteiger partial charge is 0.161 e.